The van der Waals surface area contributed by atoms with E-state index in [4.69, 9.17) is 9.84 Å². The van der Waals surface area contributed by atoms with Crippen LogP contribution in [0.15, 0.2) is 0 Å². The molecule has 0 bridgehead atoms. The summed E-state index contributed by atoms with van der Waals surface area (Å²) in [4.78, 5) is 10.7. The van der Waals surface area contributed by atoms with Crippen molar-refractivity contribution in [2.45, 2.75) is 37.6 Å². The zero-order valence-electron chi connectivity index (χ0n) is 8.20. The highest BCUT2D eigenvalue weighted by atomic mass is 16.8. The van der Waals surface area contributed by atoms with Crippen molar-refractivity contribution in [2.24, 2.45) is 0 Å². The number of nitrogens with one attached hydrogen (secondary N) is 1. The van der Waals surface area contributed by atoms with E-state index in [1.807, 2.05) is 0 Å². The Labute approximate surface area is 86.3 Å². The predicted octanol–water partition coefficient (Wildman–Crippen LogP) is -3.08. The van der Waals surface area contributed by atoms with Gasteiger partial charge in [0.2, 0.25) is 5.91 Å². The molecule has 5 atom stereocenters. The van der Waals surface area contributed by atoms with Gasteiger partial charge in [0.05, 0.1) is 6.61 Å². The number of amides is 1. The third-order valence-corrected chi connectivity index (χ3v) is 2.27. The van der Waals surface area contributed by atoms with E-state index < -0.39 is 43.2 Å². The summed E-state index contributed by atoms with van der Waals surface area (Å²) in [6.07, 6.45) is -5.24. The summed E-state index contributed by atoms with van der Waals surface area (Å²) < 4.78 is 4.81. The van der Waals surface area contributed by atoms with Gasteiger partial charge in [0.1, 0.15) is 24.4 Å². The molecule has 0 radical (unpaired) electrons. The van der Waals surface area contributed by atoms with Gasteiger partial charge >= 0.3 is 0 Å². The molecule has 0 aromatic heterocycles. The molecule has 15 heavy (non-hydrogen) atoms. The second-order valence-electron chi connectivity index (χ2n) is 3.46. The van der Waals surface area contributed by atoms with Gasteiger partial charge in [-0.3, -0.25) is 4.79 Å². The number of aliphatic hydroxyl groups is 4. The molecule has 1 saturated heterocycles. The molecule has 0 spiro atoms. The maximum absolute atomic E-state index is 10.7. The molecule has 0 aromatic carbocycles. The lowest BCUT2D eigenvalue weighted by Crippen LogP contribution is -2.63. The van der Waals surface area contributed by atoms with Crippen LogP contribution in [0.4, 0.5) is 0 Å². The van der Waals surface area contributed by atoms with Crippen LogP contribution >= 0.6 is 0 Å². The van der Waals surface area contributed by atoms with Crippen LogP contribution in [-0.2, 0) is 9.53 Å². The van der Waals surface area contributed by atoms with Gasteiger partial charge in [-0.05, 0) is 0 Å². The summed E-state index contributed by atoms with van der Waals surface area (Å²) in [5.74, 6) is -0.462. The molecule has 0 aliphatic carbocycles. The van der Waals surface area contributed by atoms with E-state index in [1.165, 1.54) is 6.92 Å². The highest BCUT2D eigenvalue weighted by molar-refractivity contribution is 5.73. The molecule has 1 heterocycles. The van der Waals surface area contributed by atoms with Crippen LogP contribution in [0.5, 0.6) is 0 Å². The van der Waals surface area contributed by atoms with Crippen molar-refractivity contribution in [1.29, 1.82) is 0 Å². The lowest BCUT2D eigenvalue weighted by molar-refractivity contribution is -0.253. The largest absolute Gasteiger partial charge is 0.394 e. The number of hydrogen-bond acceptors (Lipinski definition) is 6. The summed E-state index contributed by atoms with van der Waals surface area (Å²) in [5.41, 5.74) is 0. The zero-order valence-corrected chi connectivity index (χ0v) is 8.20. The van der Waals surface area contributed by atoms with Crippen molar-refractivity contribution in [3.63, 3.8) is 0 Å². The van der Waals surface area contributed by atoms with E-state index in [-0.39, 0.29) is 0 Å². The van der Waals surface area contributed by atoms with Crippen molar-refractivity contribution in [3.8, 4) is 0 Å². The maximum Gasteiger partial charge on any atom is 0.217 e. The number of hydrogen-bond donors (Lipinski definition) is 5. The molecular weight excluding hydrogens is 212 g/mol. The number of carbonyl (C=O) groups is 1. The summed E-state index contributed by atoms with van der Waals surface area (Å²) in [7, 11) is 0. The molecule has 0 saturated carbocycles. The van der Waals surface area contributed by atoms with Gasteiger partial charge in [-0.15, -0.1) is 0 Å². The first kappa shape index (κ1) is 12.3. The molecular formula is C8H15NO6. The lowest BCUT2D eigenvalue weighted by Gasteiger charge is -2.40. The van der Waals surface area contributed by atoms with Crippen LogP contribution in [0, 0.1) is 0 Å². The van der Waals surface area contributed by atoms with Crippen LogP contribution in [0.25, 0.3) is 0 Å². The normalized spacial score (nSPS) is 41.3. The Kier molecular flexibility index (Phi) is 4.00. The van der Waals surface area contributed by atoms with E-state index in [2.05, 4.69) is 5.32 Å². The standard InChI is InChI=1S/C8H15NO6/c1-3(11)9-5-7(13)6(12)4(2-10)15-8(5)14/h4-8,10,12-14H,2H2,1H3,(H,9,11)/t4-,5+,6-,7-,8?/m1/s1/i2+1,4+1,5+1,6+1,7+1,8+1. The molecule has 1 fully saturated rings. The van der Waals surface area contributed by atoms with Crippen molar-refractivity contribution >= 4 is 5.91 Å². The fourth-order valence-electron chi connectivity index (χ4n) is 1.49. The highest BCUT2D eigenvalue weighted by Crippen LogP contribution is 2.19. The molecule has 1 aliphatic heterocycles. The van der Waals surface area contributed by atoms with E-state index in [9.17, 15) is 20.1 Å². The van der Waals surface area contributed by atoms with E-state index in [0.29, 0.717) is 0 Å². The van der Waals surface area contributed by atoms with Gasteiger partial charge in [0.15, 0.2) is 6.29 Å². The van der Waals surface area contributed by atoms with Gasteiger partial charge < -0.3 is 30.5 Å². The Bertz CT molecular complexity index is 235. The van der Waals surface area contributed by atoms with Crippen LogP contribution in [-0.4, -0.2) is 63.6 Å². The van der Waals surface area contributed by atoms with E-state index in [0.717, 1.165) is 0 Å². The van der Waals surface area contributed by atoms with Gasteiger partial charge in [-0.2, -0.15) is 0 Å². The average Bonchev–Trinajstić information content (AvgIpc) is 2.18. The smallest absolute Gasteiger partial charge is 0.217 e. The number of ether oxygens (including phenoxy) is 1. The fourth-order valence-corrected chi connectivity index (χ4v) is 1.49. The molecule has 1 aliphatic rings. The molecule has 1 unspecified atom stereocenters. The average molecular weight is 227 g/mol. The predicted molar refractivity (Wildman–Crippen MR) is 47.6 cm³/mol. The quantitative estimate of drug-likeness (QED) is 0.319. The van der Waals surface area contributed by atoms with Gasteiger partial charge in [0, 0.05) is 6.92 Å². The van der Waals surface area contributed by atoms with Crippen LogP contribution in [0.3, 0.4) is 0 Å². The van der Waals surface area contributed by atoms with Crippen molar-refractivity contribution in [1.82, 2.24) is 5.32 Å². The SMILES string of the molecule is CC(=O)N[13C@@H]1[13CH](O)O[13C@H]([13CH2]O)[13C@@H](O)[13C@@H]1O. The summed E-state index contributed by atoms with van der Waals surface area (Å²) in [6, 6.07) is -1.10. The van der Waals surface area contributed by atoms with Crippen LogP contribution in [0.1, 0.15) is 6.92 Å². The second-order valence-corrected chi connectivity index (χ2v) is 3.46. The zero-order chi connectivity index (χ0) is 11.6. The van der Waals surface area contributed by atoms with Gasteiger partial charge in [-0.25, -0.2) is 0 Å². The number of rotatable bonds is 2. The van der Waals surface area contributed by atoms with E-state index in [1.54, 1.807) is 0 Å². The Balaban J connectivity index is 2.70. The highest BCUT2D eigenvalue weighted by Gasteiger charge is 2.43. The maximum atomic E-state index is 10.7. The second kappa shape index (κ2) is 4.86. The molecule has 1 rings (SSSR count). The number of carbonyl (C=O) groups excluding carboxylic acids is 1. The molecule has 88 valence electrons. The summed E-state index contributed by atoms with van der Waals surface area (Å²) in [6.45, 7) is 0.687. The first-order valence-electron chi connectivity index (χ1n) is 4.55. The Hall–Kier alpha value is -0.730. The lowest BCUT2D eigenvalue weighted by atomic mass is 10.7. The molecule has 1 amide bonds. The minimum absolute atomic E-state index is 0.462. The van der Waals surface area contributed by atoms with Crippen molar-refractivity contribution in [3.05, 3.63) is 0 Å². The monoisotopic (exact) mass is 227 g/mol. The molecule has 5 N–H and O–H groups in total. The number of aliphatic hydroxyl groups excluding tert-OH is 4. The molecule has 7 heteroatoms. The van der Waals surface area contributed by atoms with Gasteiger partial charge in [-0.1, -0.05) is 0 Å². The first-order valence-corrected chi connectivity index (χ1v) is 4.55. The van der Waals surface area contributed by atoms with Gasteiger partial charge in [0.25, 0.3) is 0 Å². The minimum Gasteiger partial charge on any atom is -0.394 e. The Morgan fingerprint density at radius 1 is 1.33 bits per heavy atom. The third-order valence-electron chi connectivity index (χ3n) is 2.27. The molecule has 7 nitrogen and oxygen atoms in total. The first-order chi connectivity index (χ1) is 6.97. The van der Waals surface area contributed by atoms with Crippen molar-refractivity contribution < 1.29 is 30.0 Å². The van der Waals surface area contributed by atoms with Crippen LogP contribution < -0.4 is 5.32 Å². The summed E-state index contributed by atoms with van der Waals surface area (Å²) >= 11 is 0. The Morgan fingerprint density at radius 2 is 1.93 bits per heavy atom. The van der Waals surface area contributed by atoms with E-state index >= 15 is 0 Å². The minimum atomic E-state index is -1.45. The Morgan fingerprint density at radius 3 is 2.40 bits per heavy atom. The molecule has 0 aromatic rings. The third kappa shape index (κ3) is 2.64. The van der Waals surface area contributed by atoms with Crippen molar-refractivity contribution in [2.75, 3.05) is 6.61 Å². The fraction of sp³-hybridized carbons (Fsp3) is 0.875. The topological polar surface area (TPSA) is 119 Å². The summed E-state index contributed by atoms with van der Waals surface area (Å²) in [5, 5.41) is 39.4. The van der Waals surface area contributed by atoms with Crippen LogP contribution in [0.2, 0.25) is 0 Å².